The van der Waals surface area contributed by atoms with Gasteiger partial charge in [-0.1, -0.05) is 0 Å². The van der Waals surface area contributed by atoms with Crippen molar-refractivity contribution in [2.45, 2.75) is 6.92 Å². The van der Waals surface area contributed by atoms with Crippen molar-refractivity contribution in [3.05, 3.63) is 60.4 Å². The largest absolute Gasteiger partial charge is 0.497 e. The van der Waals surface area contributed by atoms with Crippen LogP contribution in [0, 0.1) is 6.92 Å². The molecular formula is C21H21N3O4. The number of hydrogen-bond acceptors (Lipinski definition) is 6. The number of hydrogen-bond donors (Lipinski definition) is 1. The second-order valence-corrected chi connectivity index (χ2v) is 5.99. The van der Waals surface area contributed by atoms with E-state index in [1.54, 1.807) is 32.4 Å². The van der Waals surface area contributed by atoms with Crippen molar-refractivity contribution < 1.29 is 19.0 Å². The Morgan fingerprint density at radius 2 is 1.71 bits per heavy atom. The number of benzene rings is 2. The van der Waals surface area contributed by atoms with Gasteiger partial charge in [0.25, 0.3) is 5.91 Å². The van der Waals surface area contributed by atoms with E-state index in [1.807, 2.05) is 37.3 Å². The van der Waals surface area contributed by atoms with Crippen LogP contribution in [0.3, 0.4) is 0 Å². The van der Waals surface area contributed by atoms with Gasteiger partial charge in [0.05, 0.1) is 19.9 Å². The van der Waals surface area contributed by atoms with Crippen LogP contribution < -0.4 is 19.5 Å². The first kappa shape index (κ1) is 19.2. The van der Waals surface area contributed by atoms with Crippen molar-refractivity contribution in [1.82, 2.24) is 9.97 Å². The summed E-state index contributed by atoms with van der Waals surface area (Å²) in [5.74, 6) is 2.21. The molecule has 0 unspecified atom stereocenters. The van der Waals surface area contributed by atoms with Gasteiger partial charge in [0, 0.05) is 11.6 Å². The number of aromatic nitrogens is 2. The lowest BCUT2D eigenvalue weighted by molar-refractivity contribution is -0.118. The van der Waals surface area contributed by atoms with Crippen LogP contribution in [-0.2, 0) is 4.79 Å². The summed E-state index contributed by atoms with van der Waals surface area (Å²) in [6, 6.07) is 14.6. The van der Waals surface area contributed by atoms with Crippen molar-refractivity contribution in [1.29, 1.82) is 0 Å². The standard InChI is InChI=1S/C21H21N3O4/c1-14-10-17(8-9-19(14)27-3)28-12-21(25)24-20-11-18(22-13-23-20)15-4-6-16(26-2)7-5-15/h4-11,13H,12H2,1-3H3,(H,22,23,24,25). The number of carbonyl (C=O) groups is 1. The summed E-state index contributed by atoms with van der Waals surface area (Å²) in [4.78, 5) is 20.5. The Hall–Kier alpha value is -3.61. The minimum Gasteiger partial charge on any atom is -0.497 e. The predicted molar refractivity (Wildman–Crippen MR) is 106 cm³/mol. The molecular weight excluding hydrogens is 358 g/mol. The quantitative estimate of drug-likeness (QED) is 0.677. The van der Waals surface area contributed by atoms with Crippen LogP contribution in [0.4, 0.5) is 5.82 Å². The first-order valence-electron chi connectivity index (χ1n) is 8.63. The smallest absolute Gasteiger partial charge is 0.263 e. The maximum atomic E-state index is 12.2. The number of rotatable bonds is 7. The van der Waals surface area contributed by atoms with Crippen LogP contribution in [0.1, 0.15) is 5.56 Å². The van der Waals surface area contributed by atoms with Crippen LogP contribution in [0.25, 0.3) is 11.3 Å². The summed E-state index contributed by atoms with van der Waals surface area (Å²) in [7, 11) is 3.22. The monoisotopic (exact) mass is 379 g/mol. The Morgan fingerprint density at radius 1 is 0.964 bits per heavy atom. The summed E-state index contributed by atoms with van der Waals surface area (Å²) in [6.07, 6.45) is 1.41. The number of anilines is 1. The van der Waals surface area contributed by atoms with Crippen LogP contribution in [0.5, 0.6) is 17.2 Å². The molecule has 0 saturated carbocycles. The molecule has 0 spiro atoms. The van der Waals surface area contributed by atoms with E-state index in [1.165, 1.54) is 6.33 Å². The van der Waals surface area contributed by atoms with Gasteiger partial charge in [0.2, 0.25) is 0 Å². The Balaban J connectivity index is 1.61. The molecule has 144 valence electrons. The van der Waals surface area contributed by atoms with Crippen molar-refractivity contribution >= 4 is 11.7 Å². The fourth-order valence-corrected chi connectivity index (χ4v) is 2.61. The molecule has 28 heavy (non-hydrogen) atoms. The molecule has 0 aliphatic heterocycles. The molecule has 7 nitrogen and oxygen atoms in total. The molecule has 0 radical (unpaired) electrons. The summed E-state index contributed by atoms with van der Waals surface area (Å²) in [5.41, 5.74) is 2.52. The molecule has 1 heterocycles. The Labute approximate surface area is 163 Å². The zero-order chi connectivity index (χ0) is 19.9. The van der Waals surface area contributed by atoms with Crippen molar-refractivity contribution in [3.63, 3.8) is 0 Å². The highest BCUT2D eigenvalue weighted by atomic mass is 16.5. The number of ether oxygens (including phenoxy) is 3. The lowest BCUT2D eigenvalue weighted by atomic mass is 10.1. The first-order valence-corrected chi connectivity index (χ1v) is 8.63. The lowest BCUT2D eigenvalue weighted by Gasteiger charge is -2.10. The number of nitrogens with one attached hydrogen (secondary N) is 1. The highest BCUT2D eigenvalue weighted by Crippen LogP contribution is 2.23. The molecule has 0 aliphatic rings. The van der Waals surface area contributed by atoms with Gasteiger partial charge in [-0.3, -0.25) is 4.79 Å². The number of methoxy groups -OCH3 is 2. The third-order valence-electron chi connectivity index (χ3n) is 4.06. The van der Waals surface area contributed by atoms with E-state index in [-0.39, 0.29) is 12.5 Å². The van der Waals surface area contributed by atoms with Crippen molar-refractivity contribution in [2.75, 3.05) is 26.1 Å². The lowest BCUT2D eigenvalue weighted by Crippen LogP contribution is -2.20. The molecule has 1 aromatic heterocycles. The molecule has 7 heteroatoms. The molecule has 0 bridgehead atoms. The third-order valence-corrected chi connectivity index (χ3v) is 4.06. The molecule has 3 rings (SSSR count). The molecule has 2 aromatic carbocycles. The van der Waals surface area contributed by atoms with E-state index in [0.29, 0.717) is 17.3 Å². The number of aryl methyl sites for hydroxylation is 1. The van der Waals surface area contributed by atoms with Crippen LogP contribution in [0.15, 0.2) is 54.9 Å². The number of carbonyl (C=O) groups excluding carboxylic acids is 1. The summed E-state index contributed by atoms with van der Waals surface area (Å²) < 4.78 is 15.9. The third kappa shape index (κ3) is 4.76. The van der Waals surface area contributed by atoms with Crippen molar-refractivity contribution in [2.24, 2.45) is 0 Å². The highest BCUT2D eigenvalue weighted by Gasteiger charge is 2.08. The van der Waals surface area contributed by atoms with Crippen molar-refractivity contribution in [3.8, 4) is 28.5 Å². The van der Waals surface area contributed by atoms with Gasteiger partial charge in [0.15, 0.2) is 6.61 Å². The van der Waals surface area contributed by atoms with Gasteiger partial charge in [-0.25, -0.2) is 9.97 Å². The summed E-state index contributed by atoms with van der Waals surface area (Å²) in [5, 5.41) is 2.72. The summed E-state index contributed by atoms with van der Waals surface area (Å²) in [6.45, 7) is 1.78. The first-order chi connectivity index (χ1) is 13.6. The van der Waals surface area contributed by atoms with Gasteiger partial charge in [-0.2, -0.15) is 0 Å². The molecule has 1 N–H and O–H groups in total. The second kappa shape index (κ2) is 8.85. The van der Waals surface area contributed by atoms with Gasteiger partial charge in [0.1, 0.15) is 29.4 Å². The maximum absolute atomic E-state index is 12.2. The topological polar surface area (TPSA) is 82.6 Å². The van der Waals surface area contributed by atoms with E-state index in [2.05, 4.69) is 15.3 Å². The Morgan fingerprint density at radius 3 is 2.39 bits per heavy atom. The van der Waals surface area contributed by atoms with E-state index >= 15 is 0 Å². The average Bonchev–Trinajstić information content (AvgIpc) is 2.72. The maximum Gasteiger partial charge on any atom is 0.263 e. The fourth-order valence-electron chi connectivity index (χ4n) is 2.61. The van der Waals surface area contributed by atoms with Gasteiger partial charge < -0.3 is 19.5 Å². The second-order valence-electron chi connectivity index (χ2n) is 5.99. The Kier molecular flexibility index (Phi) is 6.06. The van der Waals surface area contributed by atoms with Gasteiger partial charge in [-0.15, -0.1) is 0 Å². The Bertz CT molecular complexity index is 958. The molecule has 0 saturated heterocycles. The normalized spacial score (nSPS) is 10.2. The van der Waals surface area contributed by atoms with Crippen LogP contribution in [0.2, 0.25) is 0 Å². The summed E-state index contributed by atoms with van der Waals surface area (Å²) >= 11 is 0. The molecule has 0 aliphatic carbocycles. The highest BCUT2D eigenvalue weighted by molar-refractivity contribution is 5.91. The van der Waals surface area contributed by atoms with E-state index in [4.69, 9.17) is 14.2 Å². The minimum absolute atomic E-state index is 0.131. The average molecular weight is 379 g/mol. The van der Waals surface area contributed by atoms with Gasteiger partial charge >= 0.3 is 0 Å². The van der Waals surface area contributed by atoms with E-state index in [9.17, 15) is 4.79 Å². The molecule has 0 fully saturated rings. The molecule has 3 aromatic rings. The molecule has 0 atom stereocenters. The van der Waals surface area contributed by atoms with E-state index < -0.39 is 0 Å². The SMILES string of the molecule is COc1ccc(-c2cc(NC(=O)COc3ccc(OC)c(C)c3)ncn2)cc1. The number of amides is 1. The van der Waals surface area contributed by atoms with Crippen LogP contribution in [-0.4, -0.2) is 36.7 Å². The van der Waals surface area contributed by atoms with E-state index in [0.717, 1.165) is 22.6 Å². The fraction of sp³-hybridized carbons (Fsp3) is 0.190. The zero-order valence-electron chi connectivity index (χ0n) is 15.9. The predicted octanol–water partition coefficient (Wildman–Crippen LogP) is 3.49. The zero-order valence-corrected chi connectivity index (χ0v) is 15.9. The van der Waals surface area contributed by atoms with Crippen LogP contribution >= 0.6 is 0 Å². The minimum atomic E-state index is -0.312. The van der Waals surface area contributed by atoms with Gasteiger partial charge in [-0.05, 0) is 55.0 Å². The number of nitrogens with zero attached hydrogens (tertiary/aromatic N) is 2. The molecule has 1 amide bonds.